The lowest BCUT2D eigenvalue weighted by molar-refractivity contribution is 0.0691. The molecule has 2 heterocycles. The van der Waals surface area contributed by atoms with Crippen LogP contribution in [0.2, 0.25) is 0 Å². The molecule has 3 rings (SSSR count). The molecular weight excluding hydrogens is 284 g/mol. The number of rotatable bonds is 4. The zero-order valence-corrected chi connectivity index (χ0v) is 12.3. The summed E-state index contributed by atoms with van der Waals surface area (Å²) in [4.78, 5) is 19.1. The standard InChI is InChI=1S/C14H18N6O2/c1-20-8-17-19-13(20)9-2-4-10(5-3-9)18-12-11(14(21)22)15-6-7-16-12/h6-10H,2-5H2,1H3,(H,16,18)(H,21,22). The van der Waals surface area contributed by atoms with E-state index in [0.29, 0.717) is 11.7 Å². The van der Waals surface area contributed by atoms with Crippen LogP contribution in [0.5, 0.6) is 0 Å². The fraction of sp³-hybridized carbons (Fsp3) is 0.500. The number of aryl methyl sites for hydroxylation is 1. The van der Waals surface area contributed by atoms with Gasteiger partial charge in [-0.05, 0) is 25.7 Å². The summed E-state index contributed by atoms with van der Waals surface area (Å²) in [6, 6.07) is 0.208. The second-order valence-corrected chi connectivity index (χ2v) is 5.55. The molecule has 0 radical (unpaired) electrons. The van der Waals surface area contributed by atoms with Gasteiger partial charge in [0.2, 0.25) is 0 Å². The number of hydrogen-bond donors (Lipinski definition) is 2. The average molecular weight is 302 g/mol. The first-order valence-electron chi connectivity index (χ1n) is 7.30. The monoisotopic (exact) mass is 302 g/mol. The number of carboxylic acid groups (broad SMARTS) is 1. The Balaban J connectivity index is 1.63. The molecule has 1 fully saturated rings. The zero-order valence-electron chi connectivity index (χ0n) is 12.3. The van der Waals surface area contributed by atoms with Crippen molar-refractivity contribution in [1.29, 1.82) is 0 Å². The summed E-state index contributed by atoms with van der Waals surface area (Å²) in [7, 11) is 1.96. The number of carboxylic acids is 1. The molecule has 0 aromatic carbocycles. The number of aromatic carboxylic acids is 1. The molecule has 116 valence electrons. The van der Waals surface area contributed by atoms with Crippen molar-refractivity contribution in [2.24, 2.45) is 7.05 Å². The number of aromatic nitrogens is 5. The van der Waals surface area contributed by atoms with Gasteiger partial charge in [0.25, 0.3) is 0 Å². The normalized spacial score (nSPS) is 21.5. The van der Waals surface area contributed by atoms with Gasteiger partial charge in [-0.15, -0.1) is 10.2 Å². The van der Waals surface area contributed by atoms with Crippen LogP contribution in [0.4, 0.5) is 5.82 Å². The number of nitrogens with zero attached hydrogens (tertiary/aromatic N) is 5. The van der Waals surface area contributed by atoms with E-state index in [4.69, 9.17) is 5.11 Å². The summed E-state index contributed by atoms with van der Waals surface area (Å²) in [6.07, 6.45) is 8.47. The van der Waals surface area contributed by atoms with Crippen LogP contribution in [0.3, 0.4) is 0 Å². The van der Waals surface area contributed by atoms with Gasteiger partial charge in [-0.3, -0.25) is 0 Å². The lowest BCUT2D eigenvalue weighted by Crippen LogP contribution is -2.27. The minimum absolute atomic E-state index is 0.0297. The summed E-state index contributed by atoms with van der Waals surface area (Å²) in [5.74, 6) is 0.705. The SMILES string of the molecule is Cn1cnnc1C1CCC(Nc2nccnc2C(=O)O)CC1. The van der Waals surface area contributed by atoms with Crippen LogP contribution in [-0.4, -0.2) is 41.9 Å². The molecule has 2 aromatic heterocycles. The summed E-state index contributed by atoms with van der Waals surface area (Å²) < 4.78 is 1.96. The lowest BCUT2D eigenvalue weighted by Gasteiger charge is -2.28. The van der Waals surface area contributed by atoms with Gasteiger partial charge < -0.3 is 15.0 Å². The lowest BCUT2D eigenvalue weighted by atomic mass is 9.85. The van der Waals surface area contributed by atoms with Crippen LogP contribution in [0.15, 0.2) is 18.7 Å². The molecule has 0 bridgehead atoms. The molecule has 8 heteroatoms. The maximum Gasteiger partial charge on any atom is 0.358 e. The number of nitrogens with one attached hydrogen (secondary N) is 1. The van der Waals surface area contributed by atoms with Gasteiger partial charge >= 0.3 is 5.97 Å². The summed E-state index contributed by atoms with van der Waals surface area (Å²) in [5, 5.41) is 20.5. The van der Waals surface area contributed by atoms with Gasteiger partial charge in [0.1, 0.15) is 12.2 Å². The van der Waals surface area contributed by atoms with Crippen molar-refractivity contribution in [3.05, 3.63) is 30.2 Å². The van der Waals surface area contributed by atoms with Crippen molar-refractivity contribution >= 4 is 11.8 Å². The first-order chi connectivity index (χ1) is 10.6. The van der Waals surface area contributed by atoms with Crippen LogP contribution >= 0.6 is 0 Å². The Labute approximate surface area is 127 Å². The molecule has 8 nitrogen and oxygen atoms in total. The maximum atomic E-state index is 11.1. The molecule has 2 aromatic rings. The Morgan fingerprint density at radius 1 is 1.27 bits per heavy atom. The van der Waals surface area contributed by atoms with E-state index in [0.717, 1.165) is 31.5 Å². The second-order valence-electron chi connectivity index (χ2n) is 5.55. The Hall–Kier alpha value is -2.51. The van der Waals surface area contributed by atoms with E-state index in [1.807, 2.05) is 11.6 Å². The van der Waals surface area contributed by atoms with E-state index < -0.39 is 5.97 Å². The highest BCUT2D eigenvalue weighted by molar-refractivity contribution is 5.90. The van der Waals surface area contributed by atoms with Crippen molar-refractivity contribution in [2.45, 2.75) is 37.6 Å². The number of carbonyl (C=O) groups is 1. The average Bonchev–Trinajstić information content (AvgIpc) is 2.94. The molecule has 0 atom stereocenters. The van der Waals surface area contributed by atoms with Crippen LogP contribution in [0.1, 0.15) is 47.9 Å². The zero-order chi connectivity index (χ0) is 15.5. The van der Waals surface area contributed by atoms with Crippen molar-refractivity contribution in [2.75, 3.05) is 5.32 Å². The second kappa shape index (κ2) is 6.08. The van der Waals surface area contributed by atoms with Crippen LogP contribution in [0.25, 0.3) is 0 Å². The smallest absolute Gasteiger partial charge is 0.358 e. The molecule has 1 aliphatic rings. The van der Waals surface area contributed by atoms with Crippen molar-refractivity contribution in [3.63, 3.8) is 0 Å². The first kappa shape index (κ1) is 14.4. The highest BCUT2D eigenvalue weighted by atomic mass is 16.4. The summed E-state index contributed by atoms with van der Waals surface area (Å²) in [6.45, 7) is 0. The fourth-order valence-corrected chi connectivity index (χ4v) is 2.95. The Bertz CT molecular complexity index is 663. The van der Waals surface area contributed by atoms with Crippen molar-refractivity contribution < 1.29 is 9.90 Å². The molecular formula is C14H18N6O2. The van der Waals surface area contributed by atoms with Gasteiger partial charge in [0.05, 0.1) is 0 Å². The van der Waals surface area contributed by atoms with Crippen LogP contribution < -0.4 is 5.32 Å². The summed E-state index contributed by atoms with van der Waals surface area (Å²) in [5.41, 5.74) is -0.0297. The highest BCUT2D eigenvalue weighted by Gasteiger charge is 2.26. The molecule has 1 saturated carbocycles. The Kier molecular flexibility index (Phi) is 3.99. The third kappa shape index (κ3) is 2.90. The number of hydrogen-bond acceptors (Lipinski definition) is 6. The fourth-order valence-electron chi connectivity index (χ4n) is 2.95. The van der Waals surface area contributed by atoms with Crippen molar-refractivity contribution in [1.82, 2.24) is 24.7 Å². The van der Waals surface area contributed by atoms with Gasteiger partial charge in [0.15, 0.2) is 11.5 Å². The molecule has 0 saturated heterocycles. The molecule has 0 spiro atoms. The van der Waals surface area contributed by atoms with Gasteiger partial charge in [-0.2, -0.15) is 0 Å². The van der Waals surface area contributed by atoms with E-state index in [1.54, 1.807) is 6.33 Å². The van der Waals surface area contributed by atoms with Crippen LogP contribution in [-0.2, 0) is 7.05 Å². The number of anilines is 1. The topological polar surface area (TPSA) is 106 Å². The van der Waals surface area contributed by atoms with Gasteiger partial charge in [-0.1, -0.05) is 0 Å². The highest BCUT2D eigenvalue weighted by Crippen LogP contribution is 2.32. The van der Waals surface area contributed by atoms with E-state index in [9.17, 15) is 4.79 Å². The first-order valence-corrected chi connectivity index (χ1v) is 7.30. The van der Waals surface area contributed by atoms with E-state index in [1.165, 1.54) is 12.4 Å². The predicted molar refractivity (Wildman–Crippen MR) is 78.6 cm³/mol. The van der Waals surface area contributed by atoms with Gasteiger partial charge in [-0.25, -0.2) is 14.8 Å². The molecule has 0 aliphatic heterocycles. The largest absolute Gasteiger partial charge is 0.476 e. The molecule has 22 heavy (non-hydrogen) atoms. The predicted octanol–water partition coefficient (Wildman–Crippen LogP) is 1.44. The third-order valence-corrected chi connectivity index (χ3v) is 4.08. The molecule has 1 aliphatic carbocycles. The van der Waals surface area contributed by atoms with Crippen molar-refractivity contribution in [3.8, 4) is 0 Å². The minimum Gasteiger partial charge on any atom is -0.476 e. The van der Waals surface area contributed by atoms with Crippen LogP contribution in [0, 0.1) is 0 Å². The van der Waals surface area contributed by atoms with E-state index in [2.05, 4.69) is 25.5 Å². The van der Waals surface area contributed by atoms with E-state index in [-0.39, 0.29) is 11.7 Å². The molecule has 0 amide bonds. The van der Waals surface area contributed by atoms with Gasteiger partial charge in [0, 0.05) is 31.4 Å². The Morgan fingerprint density at radius 3 is 2.64 bits per heavy atom. The third-order valence-electron chi connectivity index (χ3n) is 4.08. The minimum atomic E-state index is -1.07. The molecule has 0 unspecified atom stereocenters. The quantitative estimate of drug-likeness (QED) is 0.880. The summed E-state index contributed by atoms with van der Waals surface area (Å²) >= 11 is 0. The molecule has 2 N–H and O–H groups in total. The Morgan fingerprint density at radius 2 is 2.00 bits per heavy atom. The van der Waals surface area contributed by atoms with E-state index >= 15 is 0 Å². The maximum absolute atomic E-state index is 11.1.